The zero-order chi connectivity index (χ0) is 28.2. The highest BCUT2D eigenvalue weighted by molar-refractivity contribution is 5.92. The summed E-state index contributed by atoms with van der Waals surface area (Å²) >= 11 is 0. The second-order valence-electron chi connectivity index (χ2n) is 10.9. The van der Waals surface area contributed by atoms with Gasteiger partial charge >= 0.3 is 5.97 Å². The molecule has 37 heavy (non-hydrogen) atoms. The smallest absolute Gasteiger partial charge is 0.303 e. The molecule has 1 fully saturated rings. The lowest BCUT2D eigenvalue weighted by molar-refractivity contribution is -0.137. The van der Waals surface area contributed by atoms with Crippen LogP contribution in [0, 0.1) is 22.7 Å². The molecule has 2 heterocycles. The maximum absolute atomic E-state index is 10.5. The number of nitrogens with one attached hydrogen (secondary N) is 3. The molecule has 0 saturated carbocycles. The summed E-state index contributed by atoms with van der Waals surface area (Å²) in [6, 6.07) is 4.04. The fourth-order valence-corrected chi connectivity index (χ4v) is 3.52. The van der Waals surface area contributed by atoms with Crippen LogP contribution in [0.3, 0.4) is 0 Å². The number of hydrogen-bond donors (Lipinski definition) is 4. The van der Waals surface area contributed by atoms with Crippen LogP contribution in [-0.2, 0) is 4.79 Å². The monoisotopic (exact) mass is 516 g/mol. The van der Waals surface area contributed by atoms with Crippen molar-refractivity contribution in [2.45, 2.75) is 109 Å². The Bertz CT molecular complexity index is 925. The van der Waals surface area contributed by atoms with Gasteiger partial charge in [0.1, 0.15) is 16.9 Å². The van der Waals surface area contributed by atoms with Crippen molar-refractivity contribution in [2.75, 3.05) is 26.2 Å². The minimum absolute atomic E-state index is 0.0810. The van der Waals surface area contributed by atoms with Gasteiger partial charge in [0.2, 0.25) is 0 Å². The third kappa shape index (κ3) is 10.9. The van der Waals surface area contributed by atoms with E-state index in [4.69, 9.17) is 15.6 Å². The van der Waals surface area contributed by atoms with Crippen molar-refractivity contribution in [3.8, 4) is 12.1 Å². The van der Waals surface area contributed by atoms with Crippen molar-refractivity contribution in [1.82, 2.24) is 16.0 Å². The predicted octanol–water partition coefficient (Wildman–Crippen LogP) is 3.57. The highest BCUT2D eigenvalue weighted by Gasteiger charge is 2.34. The first kappa shape index (κ1) is 32.1. The van der Waals surface area contributed by atoms with Gasteiger partial charge in [-0.1, -0.05) is 19.8 Å². The molecule has 4 N–H and O–H groups in total. The minimum atomic E-state index is -1.19. The third-order valence-corrected chi connectivity index (χ3v) is 6.16. The summed E-state index contributed by atoms with van der Waals surface area (Å²) in [5, 5.41) is 53.8. The van der Waals surface area contributed by atoms with Crippen LogP contribution >= 0.6 is 0 Å². The van der Waals surface area contributed by atoms with Gasteiger partial charge in [0.15, 0.2) is 11.1 Å². The van der Waals surface area contributed by atoms with Gasteiger partial charge in [-0.25, -0.2) is 0 Å². The molecule has 12 nitrogen and oxygen atoms in total. The normalized spacial score (nSPS) is 19.8. The highest BCUT2D eigenvalue weighted by Crippen LogP contribution is 2.24. The number of rotatable bonds is 12. The number of unbranched alkanes of at least 4 members (excludes halogenated alkanes) is 1. The first-order valence-corrected chi connectivity index (χ1v) is 12.9. The number of aliphatic carboxylic acids is 1. The molecule has 0 bridgehead atoms. The van der Waals surface area contributed by atoms with Crippen LogP contribution in [0.25, 0.3) is 0 Å². The lowest BCUT2D eigenvalue weighted by atomic mass is 9.97. The van der Waals surface area contributed by atoms with E-state index in [9.17, 15) is 4.79 Å². The van der Waals surface area contributed by atoms with Crippen molar-refractivity contribution >= 4 is 11.8 Å². The fraction of sp³-hybridized carbons (Fsp3) is 0.840. The quantitative estimate of drug-likeness (QED) is 0.286. The number of aliphatic imine (C=N–C) groups is 1. The van der Waals surface area contributed by atoms with Gasteiger partial charge in [-0.3, -0.25) is 20.4 Å². The summed E-state index contributed by atoms with van der Waals surface area (Å²) in [6.45, 7) is 17.2. The van der Waals surface area contributed by atoms with Gasteiger partial charge in [-0.05, 0) is 54.4 Å². The molecule has 0 radical (unpaired) electrons. The van der Waals surface area contributed by atoms with E-state index in [0.717, 1.165) is 44.9 Å². The number of nitriles is 2. The molecule has 0 aromatic rings. The summed E-state index contributed by atoms with van der Waals surface area (Å²) in [4.78, 5) is 15.0. The van der Waals surface area contributed by atoms with Crippen LogP contribution < -0.4 is 16.0 Å². The second kappa shape index (κ2) is 14.1. The van der Waals surface area contributed by atoms with Crippen molar-refractivity contribution in [2.24, 2.45) is 25.4 Å². The van der Waals surface area contributed by atoms with E-state index in [2.05, 4.69) is 61.3 Å². The van der Waals surface area contributed by atoms with Crippen molar-refractivity contribution < 1.29 is 9.90 Å². The highest BCUT2D eigenvalue weighted by atomic mass is 16.4. The van der Waals surface area contributed by atoms with Crippen molar-refractivity contribution in [3.63, 3.8) is 0 Å². The van der Waals surface area contributed by atoms with Gasteiger partial charge in [0, 0.05) is 26.1 Å². The zero-order valence-electron chi connectivity index (χ0n) is 23.4. The van der Waals surface area contributed by atoms with Gasteiger partial charge in [0.25, 0.3) is 0 Å². The number of hydrogen-bond acceptors (Lipinski definition) is 11. The zero-order valence-corrected chi connectivity index (χ0v) is 23.4. The maximum Gasteiger partial charge on any atom is 0.303 e. The Morgan fingerprint density at radius 2 is 1.54 bits per heavy atom. The van der Waals surface area contributed by atoms with Crippen molar-refractivity contribution in [3.05, 3.63) is 0 Å². The molecular weight excluding hydrogens is 472 g/mol. The molecule has 12 heteroatoms. The molecule has 2 atom stereocenters. The lowest BCUT2D eigenvalue weighted by Gasteiger charge is -2.28. The van der Waals surface area contributed by atoms with Gasteiger partial charge in [0.05, 0.1) is 24.8 Å². The standard InChI is InChI=1S/C13H20N4O2.C12H24N6/c1-4-5-7-12(2,9-14)16-17-13(3,10-15)8-6-11(18)19;1-11(2,9-13-5-6-14-9)17-18-12(3,4)10-15-7-8-16-10/h4-8H2,1-3H3,(H,18,19);9,13-14H,5-8H2,1-4H3,(H,15,16). The molecular formula is C25H44N10O2. The number of azo groups is 2. The Hall–Kier alpha value is -2.96. The number of carboxylic acid groups (broad SMARTS) is 1. The van der Waals surface area contributed by atoms with Crippen LogP contribution in [0.2, 0.25) is 0 Å². The molecule has 1 saturated heterocycles. The fourth-order valence-electron chi connectivity index (χ4n) is 3.52. The van der Waals surface area contributed by atoms with Crippen LogP contribution in [0.5, 0.6) is 0 Å². The van der Waals surface area contributed by atoms with E-state index >= 15 is 0 Å². The maximum atomic E-state index is 10.5. The number of nitrogens with zero attached hydrogens (tertiary/aromatic N) is 7. The van der Waals surface area contributed by atoms with Crippen LogP contribution in [0.15, 0.2) is 25.4 Å². The van der Waals surface area contributed by atoms with E-state index < -0.39 is 17.0 Å². The largest absolute Gasteiger partial charge is 0.481 e. The van der Waals surface area contributed by atoms with E-state index in [-0.39, 0.29) is 30.1 Å². The second-order valence-corrected chi connectivity index (χ2v) is 10.9. The lowest BCUT2D eigenvalue weighted by Crippen LogP contribution is -2.49. The predicted molar refractivity (Wildman–Crippen MR) is 142 cm³/mol. The number of carbonyl (C=O) groups is 1. The molecule has 206 valence electrons. The van der Waals surface area contributed by atoms with Crippen molar-refractivity contribution in [1.29, 1.82) is 10.5 Å². The van der Waals surface area contributed by atoms with Crippen LogP contribution in [0.1, 0.15) is 80.6 Å². The molecule has 2 unspecified atom stereocenters. The topological polar surface area (TPSA) is 183 Å². The SMILES string of the molecule is CC(C)(N=NC(C)(C)C1NCCN1)C1=NCCN1.CCCCC(C)(C#N)N=NC(C)(C#N)CCC(=O)O. The Labute approximate surface area is 221 Å². The Kier molecular flexibility index (Phi) is 12.2. The van der Waals surface area contributed by atoms with E-state index in [0.29, 0.717) is 6.42 Å². The molecule has 0 aromatic carbocycles. The number of amidine groups is 1. The average Bonchev–Trinajstić information content (AvgIpc) is 3.60. The average molecular weight is 517 g/mol. The molecule has 0 amide bonds. The molecule has 0 aliphatic carbocycles. The van der Waals surface area contributed by atoms with Gasteiger partial charge in [-0.15, -0.1) is 0 Å². The molecule has 2 aliphatic rings. The summed E-state index contributed by atoms with van der Waals surface area (Å²) in [6.07, 6.45) is 2.49. The van der Waals surface area contributed by atoms with Gasteiger partial charge in [-0.2, -0.15) is 31.0 Å². The molecule has 0 spiro atoms. The van der Waals surface area contributed by atoms with E-state index in [1.54, 1.807) is 6.92 Å². The summed E-state index contributed by atoms with van der Waals surface area (Å²) < 4.78 is 0. The van der Waals surface area contributed by atoms with E-state index in [1.807, 2.05) is 26.8 Å². The third-order valence-electron chi connectivity index (χ3n) is 6.16. The van der Waals surface area contributed by atoms with Crippen LogP contribution in [-0.4, -0.2) is 71.4 Å². The van der Waals surface area contributed by atoms with Crippen LogP contribution in [0.4, 0.5) is 0 Å². The molecule has 0 aromatic heterocycles. The first-order chi connectivity index (χ1) is 17.2. The van der Waals surface area contributed by atoms with E-state index in [1.165, 1.54) is 6.92 Å². The Balaban J connectivity index is 0.000000370. The summed E-state index contributed by atoms with van der Waals surface area (Å²) in [5.41, 5.74) is -2.76. The molecule has 2 aliphatic heterocycles. The Morgan fingerprint density at radius 1 is 0.973 bits per heavy atom. The number of carboxylic acids is 1. The first-order valence-electron chi connectivity index (χ1n) is 12.9. The summed E-state index contributed by atoms with van der Waals surface area (Å²) in [7, 11) is 0. The minimum Gasteiger partial charge on any atom is -0.481 e. The summed E-state index contributed by atoms with van der Waals surface area (Å²) in [5.74, 6) is -0.0416. The van der Waals surface area contributed by atoms with Gasteiger partial charge < -0.3 is 10.4 Å². The Morgan fingerprint density at radius 3 is 2.00 bits per heavy atom. The molecule has 2 rings (SSSR count).